The van der Waals surface area contributed by atoms with Crippen LogP contribution in [0.1, 0.15) is 24.2 Å². The molecule has 1 atom stereocenters. The van der Waals surface area contributed by atoms with Crippen LogP contribution in [0.15, 0.2) is 42.5 Å². The predicted molar refractivity (Wildman–Crippen MR) is 73.3 cm³/mol. The first kappa shape index (κ1) is 13.4. The summed E-state index contributed by atoms with van der Waals surface area (Å²) < 4.78 is 5.63. The molecule has 0 aliphatic carbocycles. The fraction of sp³-hybridized carbons (Fsp3) is 0.133. The SMILES string of the molecule is CC(O)c1ccc(Oc2ccccc2C#N)cc1Cl. The molecule has 3 nitrogen and oxygen atoms in total. The fourth-order valence-corrected chi connectivity index (χ4v) is 2.01. The van der Waals surface area contributed by atoms with E-state index in [2.05, 4.69) is 6.07 Å². The summed E-state index contributed by atoms with van der Waals surface area (Å²) in [6.07, 6.45) is -0.632. The molecule has 0 fully saturated rings. The Morgan fingerprint density at radius 3 is 2.63 bits per heavy atom. The van der Waals surface area contributed by atoms with Gasteiger partial charge in [-0.05, 0) is 36.8 Å². The summed E-state index contributed by atoms with van der Waals surface area (Å²) in [5.74, 6) is 1.00. The topological polar surface area (TPSA) is 53.2 Å². The van der Waals surface area contributed by atoms with Crippen LogP contribution in [0, 0.1) is 11.3 Å². The van der Waals surface area contributed by atoms with Gasteiger partial charge in [0.2, 0.25) is 0 Å². The molecule has 0 aliphatic heterocycles. The highest BCUT2D eigenvalue weighted by Gasteiger charge is 2.09. The third-order valence-corrected chi connectivity index (χ3v) is 2.98. The number of para-hydroxylation sites is 1. The second-order valence-electron chi connectivity index (χ2n) is 4.07. The van der Waals surface area contributed by atoms with E-state index in [1.54, 1.807) is 49.4 Å². The van der Waals surface area contributed by atoms with Crippen molar-refractivity contribution < 1.29 is 9.84 Å². The van der Waals surface area contributed by atoms with Crippen LogP contribution < -0.4 is 4.74 Å². The zero-order valence-corrected chi connectivity index (χ0v) is 11.1. The van der Waals surface area contributed by atoms with Crippen LogP contribution in [0.3, 0.4) is 0 Å². The van der Waals surface area contributed by atoms with Crippen LogP contribution in [-0.2, 0) is 0 Å². The molecule has 0 spiro atoms. The van der Waals surface area contributed by atoms with Crippen molar-refractivity contribution in [3.05, 3.63) is 58.6 Å². The lowest BCUT2D eigenvalue weighted by Crippen LogP contribution is -1.93. The maximum atomic E-state index is 9.50. The van der Waals surface area contributed by atoms with Gasteiger partial charge in [0, 0.05) is 0 Å². The van der Waals surface area contributed by atoms with E-state index in [-0.39, 0.29) is 0 Å². The van der Waals surface area contributed by atoms with Crippen LogP contribution >= 0.6 is 11.6 Å². The molecule has 4 heteroatoms. The van der Waals surface area contributed by atoms with E-state index in [4.69, 9.17) is 21.6 Å². The Morgan fingerprint density at radius 1 is 1.26 bits per heavy atom. The van der Waals surface area contributed by atoms with Crippen molar-refractivity contribution in [1.29, 1.82) is 5.26 Å². The van der Waals surface area contributed by atoms with E-state index < -0.39 is 6.10 Å². The van der Waals surface area contributed by atoms with Gasteiger partial charge >= 0.3 is 0 Å². The minimum absolute atomic E-state index is 0.432. The van der Waals surface area contributed by atoms with Crippen molar-refractivity contribution in [2.24, 2.45) is 0 Å². The number of hydrogen-bond donors (Lipinski definition) is 1. The Hall–Kier alpha value is -2.02. The van der Waals surface area contributed by atoms with E-state index in [9.17, 15) is 5.11 Å². The van der Waals surface area contributed by atoms with Gasteiger partial charge in [-0.3, -0.25) is 0 Å². The third kappa shape index (κ3) is 3.05. The van der Waals surface area contributed by atoms with E-state index in [1.807, 2.05) is 0 Å². The highest BCUT2D eigenvalue weighted by atomic mass is 35.5. The van der Waals surface area contributed by atoms with Gasteiger partial charge in [-0.1, -0.05) is 29.8 Å². The lowest BCUT2D eigenvalue weighted by Gasteiger charge is -2.11. The van der Waals surface area contributed by atoms with E-state index in [0.29, 0.717) is 27.6 Å². The van der Waals surface area contributed by atoms with Gasteiger partial charge in [0.1, 0.15) is 17.6 Å². The average Bonchev–Trinajstić information content (AvgIpc) is 2.39. The molecule has 0 aliphatic rings. The van der Waals surface area contributed by atoms with Crippen LogP contribution in [0.4, 0.5) is 0 Å². The second-order valence-corrected chi connectivity index (χ2v) is 4.48. The van der Waals surface area contributed by atoms with Gasteiger partial charge in [0.15, 0.2) is 0 Å². The van der Waals surface area contributed by atoms with Crippen LogP contribution in [0.2, 0.25) is 5.02 Å². The van der Waals surface area contributed by atoms with E-state index >= 15 is 0 Å². The number of nitrogens with zero attached hydrogens (tertiary/aromatic N) is 1. The Morgan fingerprint density at radius 2 is 2.00 bits per heavy atom. The minimum atomic E-state index is -0.632. The smallest absolute Gasteiger partial charge is 0.145 e. The van der Waals surface area contributed by atoms with Gasteiger partial charge < -0.3 is 9.84 Å². The third-order valence-electron chi connectivity index (χ3n) is 2.66. The molecule has 0 bridgehead atoms. The van der Waals surface area contributed by atoms with Crippen molar-refractivity contribution in [3.63, 3.8) is 0 Å². The standard InChI is InChI=1S/C15H12ClNO2/c1-10(18)13-7-6-12(8-14(13)16)19-15-5-3-2-4-11(15)9-17/h2-8,10,18H,1H3. The molecule has 0 aromatic heterocycles. The summed E-state index contributed by atoms with van der Waals surface area (Å²) in [4.78, 5) is 0. The predicted octanol–water partition coefficient (Wildman–Crippen LogP) is 4.06. The molecule has 0 saturated heterocycles. The number of benzene rings is 2. The lowest BCUT2D eigenvalue weighted by molar-refractivity contribution is 0.199. The zero-order chi connectivity index (χ0) is 13.8. The molecule has 2 aromatic rings. The number of nitriles is 1. The number of aliphatic hydroxyl groups is 1. The van der Waals surface area contributed by atoms with Gasteiger partial charge in [-0.15, -0.1) is 0 Å². The fourth-order valence-electron chi connectivity index (χ4n) is 1.69. The first-order valence-electron chi connectivity index (χ1n) is 5.76. The van der Waals surface area contributed by atoms with Gasteiger partial charge in [-0.2, -0.15) is 5.26 Å². The molecule has 0 radical (unpaired) electrons. The molecule has 1 N–H and O–H groups in total. The Kier molecular flexibility index (Phi) is 4.06. The molecule has 0 saturated carbocycles. The lowest BCUT2D eigenvalue weighted by atomic mass is 10.1. The summed E-state index contributed by atoms with van der Waals surface area (Å²) in [5, 5.41) is 18.9. The molecule has 0 amide bonds. The Labute approximate surface area is 116 Å². The first-order chi connectivity index (χ1) is 9.11. The molecular formula is C15H12ClNO2. The summed E-state index contributed by atoms with van der Waals surface area (Å²) in [6.45, 7) is 1.65. The summed E-state index contributed by atoms with van der Waals surface area (Å²) in [6, 6.07) is 14.1. The van der Waals surface area contributed by atoms with Crippen LogP contribution in [0.5, 0.6) is 11.5 Å². The van der Waals surface area contributed by atoms with Gasteiger partial charge in [0.25, 0.3) is 0 Å². The molecule has 2 aromatic carbocycles. The van der Waals surface area contributed by atoms with Gasteiger partial charge in [0.05, 0.1) is 16.7 Å². The number of aliphatic hydroxyl groups excluding tert-OH is 1. The maximum Gasteiger partial charge on any atom is 0.145 e. The largest absolute Gasteiger partial charge is 0.456 e. The summed E-state index contributed by atoms with van der Waals surface area (Å²) in [7, 11) is 0. The van der Waals surface area contributed by atoms with Crippen molar-refractivity contribution in [2.75, 3.05) is 0 Å². The second kappa shape index (κ2) is 5.75. The number of rotatable bonds is 3. The quantitative estimate of drug-likeness (QED) is 0.917. The molecule has 19 heavy (non-hydrogen) atoms. The number of halogens is 1. The van der Waals surface area contributed by atoms with Crippen LogP contribution in [-0.4, -0.2) is 5.11 Å². The summed E-state index contributed by atoms with van der Waals surface area (Å²) in [5.41, 5.74) is 1.10. The Bertz CT molecular complexity index is 632. The normalized spacial score (nSPS) is 11.7. The van der Waals surface area contributed by atoms with Crippen molar-refractivity contribution in [3.8, 4) is 17.6 Å². The molecule has 1 unspecified atom stereocenters. The zero-order valence-electron chi connectivity index (χ0n) is 10.3. The Balaban J connectivity index is 2.30. The maximum absolute atomic E-state index is 9.50. The van der Waals surface area contributed by atoms with Crippen molar-refractivity contribution in [2.45, 2.75) is 13.0 Å². The molecule has 0 heterocycles. The highest BCUT2D eigenvalue weighted by Crippen LogP contribution is 2.30. The molecular weight excluding hydrogens is 262 g/mol. The molecule has 96 valence electrons. The number of ether oxygens (including phenoxy) is 1. The minimum Gasteiger partial charge on any atom is -0.456 e. The summed E-state index contributed by atoms with van der Waals surface area (Å²) >= 11 is 6.06. The first-order valence-corrected chi connectivity index (χ1v) is 6.14. The molecule has 2 rings (SSSR count). The highest BCUT2D eigenvalue weighted by molar-refractivity contribution is 6.31. The van der Waals surface area contributed by atoms with Crippen molar-refractivity contribution in [1.82, 2.24) is 0 Å². The number of hydrogen-bond acceptors (Lipinski definition) is 3. The van der Waals surface area contributed by atoms with E-state index in [0.717, 1.165) is 0 Å². The van der Waals surface area contributed by atoms with E-state index in [1.165, 1.54) is 0 Å². The van der Waals surface area contributed by atoms with Crippen molar-refractivity contribution >= 4 is 11.6 Å². The monoisotopic (exact) mass is 273 g/mol. The average molecular weight is 274 g/mol. The van der Waals surface area contributed by atoms with Gasteiger partial charge in [-0.25, -0.2) is 0 Å². The van der Waals surface area contributed by atoms with Crippen LogP contribution in [0.25, 0.3) is 0 Å².